The van der Waals surface area contributed by atoms with Gasteiger partial charge in [-0.1, -0.05) is 152 Å². The number of allylic oxidation sites excluding steroid dienone is 9. The third kappa shape index (κ3) is 26.2. The van der Waals surface area contributed by atoms with E-state index < -0.39 is 124 Å². The van der Waals surface area contributed by atoms with Crippen molar-refractivity contribution in [2.45, 2.75) is 279 Å². The van der Waals surface area contributed by atoms with Gasteiger partial charge in [-0.15, -0.1) is 0 Å². The third-order valence-corrected chi connectivity index (χ3v) is 14.5. The predicted molar refractivity (Wildman–Crippen MR) is 295 cm³/mol. The fourth-order valence-electron chi connectivity index (χ4n) is 9.60. The van der Waals surface area contributed by atoms with Crippen LogP contribution in [-0.2, 0) is 33.2 Å². The lowest BCUT2D eigenvalue weighted by Crippen LogP contribution is -2.66. The van der Waals surface area contributed by atoms with E-state index in [2.05, 4.69) is 67.8 Å². The zero-order chi connectivity index (χ0) is 56.9. The van der Waals surface area contributed by atoms with Crippen molar-refractivity contribution in [2.24, 2.45) is 0 Å². The minimum atomic E-state index is -1.98. The minimum Gasteiger partial charge on any atom is -0.394 e. The molecule has 0 bridgehead atoms. The number of hydrogen-bond donors (Lipinski definition) is 12. The zero-order valence-electron chi connectivity index (χ0n) is 46.9. The molecule has 0 aliphatic carbocycles. The lowest BCUT2D eigenvalue weighted by molar-refractivity contribution is -0.379. The average Bonchev–Trinajstić information content (AvgIpc) is 3.45. The highest BCUT2D eigenvalue weighted by Gasteiger charge is 2.53. The van der Waals surface area contributed by atoms with Crippen LogP contribution in [0.3, 0.4) is 0 Å². The maximum Gasteiger partial charge on any atom is 0.220 e. The standard InChI is InChI=1S/C59H103NO18/c1-3-5-7-9-11-13-15-17-19-20-21-22-23-25-27-29-31-33-35-37-47(65)60-42(43(64)36-34-32-30-28-26-24-18-16-14-12-10-8-6-4-2)41-73-57-53(71)50(68)55(45(39-62)75-57)78-59-54(72)51(69)56(46(40-63)76-59)77-58-52(70)49(67)48(66)44(38-61)74-58/h11,13-14,16-17,19,26,28,34,36,42-46,48-59,61-64,66-72H,3-10,12,15,18,20-25,27,29-33,35,37-41H2,1-2H3,(H,60,65)/b13-11-,16-14+,19-17-,28-26+,36-34+. The van der Waals surface area contributed by atoms with Crippen molar-refractivity contribution in [2.75, 3.05) is 26.4 Å². The van der Waals surface area contributed by atoms with Crippen LogP contribution in [0.1, 0.15) is 174 Å². The first-order chi connectivity index (χ1) is 37.8. The molecule has 0 radical (unpaired) electrons. The van der Waals surface area contributed by atoms with E-state index in [4.69, 9.17) is 28.4 Å². The smallest absolute Gasteiger partial charge is 0.220 e. The summed E-state index contributed by atoms with van der Waals surface area (Å²) in [5.74, 6) is -0.298. The largest absolute Gasteiger partial charge is 0.394 e. The number of aliphatic hydroxyl groups excluding tert-OH is 11. The van der Waals surface area contributed by atoms with Gasteiger partial charge >= 0.3 is 0 Å². The summed E-state index contributed by atoms with van der Waals surface area (Å²) in [5.41, 5.74) is 0. The predicted octanol–water partition coefficient (Wildman–Crippen LogP) is 4.87. The van der Waals surface area contributed by atoms with Crippen LogP contribution in [0.4, 0.5) is 0 Å². The topological polar surface area (TPSA) is 307 Å². The summed E-state index contributed by atoms with van der Waals surface area (Å²) in [5, 5.41) is 120. The molecule has 1 amide bonds. The zero-order valence-corrected chi connectivity index (χ0v) is 46.9. The number of hydrogen-bond acceptors (Lipinski definition) is 18. The number of ether oxygens (including phenoxy) is 6. The molecule has 0 aromatic carbocycles. The van der Waals surface area contributed by atoms with Crippen molar-refractivity contribution in [1.29, 1.82) is 0 Å². The van der Waals surface area contributed by atoms with Gasteiger partial charge in [-0.2, -0.15) is 0 Å². The first-order valence-corrected chi connectivity index (χ1v) is 29.5. The quantitative estimate of drug-likeness (QED) is 0.0287. The van der Waals surface area contributed by atoms with E-state index >= 15 is 0 Å². The molecule has 12 N–H and O–H groups in total. The van der Waals surface area contributed by atoms with E-state index in [1.54, 1.807) is 6.08 Å². The summed E-state index contributed by atoms with van der Waals surface area (Å²) in [6, 6.07) is -0.999. The molecular formula is C59H103NO18. The Kier molecular flexibility index (Phi) is 37.9. The first kappa shape index (κ1) is 69.8. The van der Waals surface area contributed by atoms with Gasteiger partial charge in [0.05, 0.1) is 38.6 Å². The minimum absolute atomic E-state index is 0.225. The molecule has 452 valence electrons. The van der Waals surface area contributed by atoms with Gasteiger partial charge in [0.1, 0.15) is 73.2 Å². The van der Waals surface area contributed by atoms with Gasteiger partial charge in [-0.25, -0.2) is 0 Å². The molecule has 19 nitrogen and oxygen atoms in total. The van der Waals surface area contributed by atoms with E-state index in [9.17, 15) is 61.0 Å². The van der Waals surface area contributed by atoms with Crippen molar-refractivity contribution in [3.8, 4) is 0 Å². The Labute approximate surface area is 465 Å². The van der Waals surface area contributed by atoms with Crippen molar-refractivity contribution in [3.63, 3.8) is 0 Å². The van der Waals surface area contributed by atoms with Crippen molar-refractivity contribution in [3.05, 3.63) is 60.8 Å². The number of amides is 1. The van der Waals surface area contributed by atoms with Crippen molar-refractivity contribution >= 4 is 5.91 Å². The second-order valence-corrected chi connectivity index (χ2v) is 21.1. The van der Waals surface area contributed by atoms with E-state index in [0.29, 0.717) is 12.8 Å². The Hall–Kier alpha value is -2.51. The fraction of sp³-hybridized carbons (Fsp3) is 0.814. The normalized spacial score (nSPS) is 30.9. The molecule has 3 aliphatic heterocycles. The Balaban J connectivity index is 1.52. The highest BCUT2D eigenvalue weighted by atomic mass is 16.8. The number of carbonyl (C=O) groups is 1. The SMILES string of the molecule is CCCCC/C=C\C/C=C\CCCCCCCCCCCC(=O)NC(COC1OC(CO)C(OC2OC(CO)C(OC3OC(CO)C(O)C(O)C3O)C(O)C2O)C(O)C1O)C(O)/C=C/CC/C=C/CC/C=C/CCCCCC. The maximum atomic E-state index is 13.3. The average molecular weight is 1110 g/mol. The van der Waals surface area contributed by atoms with E-state index in [0.717, 1.165) is 64.2 Å². The molecule has 3 rings (SSSR count). The van der Waals surface area contributed by atoms with E-state index in [1.807, 2.05) is 6.08 Å². The lowest BCUT2D eigenvalue weighted by Gasteiger charge is -2.48. The molecular weight excluding hydrogens is 1010 g/mol. The van der Waals surface area contributed by atoms with Crippen molar-refractivity contribution < 1.29 is 89.4 Å². The highest BCUT2D eigenvalue weighted by molar-refractivity contribution is 5.76. The van der Waals surface area contributed by atoms with Gasteiger partial charge < -0.3 is 89.9 Å². The van der Waals surface area contributed by atoms with E-state index in [1.165, 1.54) is 77.0 Å². The molecule has 0 spiro atoms. The van der Waals surface area contributed by atoms with Gasteiger partial charge in [-0.3, -0.25) is 4.79 Å². The second-order valence-electron chi connectivity index (χ2n) is 21.1. The second kappa shape index (κ2) is 42.3. The van der Waals surface area contributed by atoms with Gasteiger partial charge in [0.25, 0.3) is 0 Å². The van der Waals surface area contributed by atoms with Gasteiger partial charge in [0.15, 0.2) is 18.9 Å². The van der Waals surface area contributed by atoms with E-state index in [-0.39, 0.29) is 18.9 Å². The molecule has 3 heterocycles. The third-order valence-electron chi connectivity index (χ3n) is 14.5. The maximum absolute atomic E-state index is 13.3. The molecule has 78 heavy (non-hydrogen) atoms. The van der Waals surface area contributed by atoms with Crippen LogP contribution in [0.25, 0.3) is 0 Å². The van der Waals surface area contributed by atoms with Crippen LogP contribution in [0.15, 0.2) is 60.8 Å². The molecule has 0 saturated carbocycles. The highest BCUT2D eigenvalue weighted by Crippen LogP contribution is 2.33. The summed E-state index contributed by atoms with van der Waals surface area (Å²) < 4.78 is 34.2. The Bertz CT molecular complexity index is 1660. The van der Waals surface area contributed by atoms with Crippen molar-refractivity contribution in [1.82, 2.24) is 5.32 Å². The fourth-order valence-corrected chi connectivity index (χ4v) is 9.60. The van der Waals surface area contributed by atoms with Crippen LogP contribution >= 0.6 is 0 Å². The summed E-state index contributed by atoms with van der Waals surface area (Å²) in [4.78, 5) is 13.3. The number of carbonyl (C=O) groups excluding carboxylic acids is 1. The monoisotopic (exact) mass is 1110 g/mol. The Morgan fingerprint density at radius 3 is 1.38 bits per heavy atom. The summed E-state index contributed by atoms with van der Waals surface area (Å²) in [7, 11) is 0. The number of rotatable bonds is 42. The number of nitrogens with one attached hydrogen (secondary N) is 1. The molecule has 0 aromatic rings. The Morgan fingerprint density at radius 1 is 0.462 bits per heavy atom. The van der Waals surface area contributed by atoms with Crippen LogP contribution in [0.2, 0.25) is 0 Å². The summed E-state index contributed by atoms with van der Waals surface area (Å²) in [6.07, 6.45) is 20.6. The molecule has 0 aromatic heterocycles. The summed E-state index contributed by atoms with van der Waals surface area (Å²) in [6.45, 7) is 1.62. The molecule has 3 fully saturated rings. The van der Waals surface area contributed by atoms with Crippen LogP contribution < -0.4 is 5.32 Å². The van der Waals surface area contributed by atoms with Gasteiger partial charge in [0.2, 0.25) is 5.91 Å². The number of unbranched alkanes of at least 4 members (excludes halogenated alkanes) is 18. The lowest BCUT2D eigenvalue weighted by atomic mass is 9.96. The van der Waals surface area contributed by atoms with Gasteiger partial charge in [-0.05, 0) is 77.0 Å². The molecule has 3 aliphatic rings. The number of aliphatic hydroxyl groups is 11. The van der Waals surface area contributed by atoms with Crippen LogP contribution in [0, 0.1) is 0 Å². The molecule has 17 unspecified atom stereocenters. The van der Waals surface area contributed by atoms with Crippen LogP contribution in [-0.4, -0.2) is 193 Å². The summed E-state index contributed by atoms with van der Waals surface area (Å²) >= 11 is 0. The molecule has 19 heteroatoms. The molecule has 17 atom stereocenters. The first-order valence-electron chi connectivity index (χ1n) is 29.5. The van der Waals surface area contributed by atoms with Gasteiger partial charge in [0, 0.05) is 6.42 Å². The molecule has 3 saturated heterocycles. The van der Waals surface area contributed by atoms with Crippen LogP contribution in [0.5, 0.6) is 0 Å². The Morgan fingerprint density at radius 2 is 0.859 bits per heavy atom.